The molecule has 27 heavy (non-hydrogen) atoms. The minimum absolute atomic E-state index is 0.746. The van der Waals surface area contributed by atoms with Crippen LogP contribution in [-0.4, -0.2) is 73.1 Å². The van der Waals surface area contributed by atoms with Gasteiger partial charge in [-0.15, -0.1) is 0 Å². The summed E-state index contributed by atoms with van der Waals surface area (Å²) in [7, 11) is 4.19. The quantitative estimate of drug-likeness (QED) is 0.723. The van der Waals surface area contributed by atoms with Gasteiger partial charge >= 0.3 is 0 Å². The Kier molecular flexibility index (Phi) is 7.01. The highest BCUT2D eigenvalue weighted by molar-refractivity contribution is 5.45. The molecule has 3 rings (SSSR count). The van der Waals surface area contributed by atoms with Crippen LogP contribution in [0.5, 0.6) is 0 Å². The number of nitrogens with zero attached hydrogens (tertiary/aromatic N) is 5. The van der Waals surface area contributed by atoms with Gasteiger partial charge in [-0.25, -0.2) is 4.98 Å². The maximum absolute atomic E-state index is 4.75. The zero-order chi connectivity index (χ0) is 19.1. The van der Waals surface area contributed by atoms with E-state index in [9.17, 15) is 0 Å². The van der Waals surface area contributed by atoms with Gasteiger partial charge in [-0.05, 0) is 39.5 Å². The average Bonchev–Trinajstić information content (AvgIpc) is 2.66. The Hall–Kier alpha value is -2.18. The Morgan fingerprint density at radius 3 is 2.48 bits per heavy atom. The monoisotopic (exact) mass is 368 g/mol. The lowest BCUT2D eigenvalue weighted by atomic mass is 10.2. The van der Waals surface area contributed by atoms with Crippen molar-refractivity contribution in [3.63, 3.8) is 0 Å². The van der Waals surface area contributed by atoms with Crippen LogP contribution < -0.4 is 10.2 Å². The highest BCUT2D eigenvalue weighted by atomic mass is 15.3. The van der Waals surface area contributed by atoms with Crippen molar-refractivity contribution in [1.29, 1.82) is 0 Å². The topological polar surface area (TPSA) is 47.5 Å². The van der Waals surface area contributed by atoms with E-state index >= 15 is 0 Å². The Balaban J connectivity index is 1.52. The zero-order valence-corrected chi connectivity index (χ0v) is 16.9. The van der Waals surface area contributed by atoms with E-state index < -0.39 is 0 Å². The fraction of sp³-hybridized carbons (Fsp3) is 0.524. The van der Waals surface area contributed by atoms with Crippen LogP contribution in [0.15, 0.2) is 36.4 Å². The molecule has 0 bridgehead atoms. The first-order chi connectivity index (χ1) is 13.1. The van der Waals surface area contributed by atoms with Crippen LogP contribution in [-0.2, 0) is 6.54 Å². The average molecular weight is 369 g/mol. The fourth-order valence-electron chi connectivity index (χ4n) is 3.37. The summed E-state index contributed by atoms with van der Waals surface area (Å²) >= 11 is 0. The molecule has 1 aliphatic rings. The molecule has 2 aromatic rings. The molecule has 1 N–H and O–H groups in total. The summed E-state index contributed by atoms with van der Waals surface area (Å²) in [6, 6.07) is 12.8. The predicted octanol–water partition coefficient (Wildman–Crippen LogP) is 2.47. The summed E-state index contributed by atoms with van der Waals surface area (Å²) in [6.07, 6.45) is 1.08. The van der Waals surface area contributed by atoms with Gasteiger partial charge in [0.1, 0.15) is 5.82 Å². The van der Waals surface area contributed by atoms with Crippen molar-refractivity contribution in [3.05, 3.63) is 47.7 Å². The van der Waals surface area contributed by atoms with Crippen molar-refractivity contribution in [1.82, 2.24) is 19.8 Å². The van der Waals surface area contributed by atoms with E-state index in [0.29, 0.717) is 0 Å². The highest BCUT2D eigenvalue weighted by Crippen LogP contribution is 2.18. The molecule has 0 spiro atoms. The number of benzene rings is 1. The van der Waals surface area contributed by atoms with E-state index in [-0.39, 0.29) is 0 Å². The SMILES string of the molecule is Cc1cc(N2CCN(Cc3ccccc3)CC2)nc(NCCCN(C)C)n1. The summed E-state index contributed by atoms with van der Waals surface area (Å²) in [5.74, 6) is 1.78. The van der Waals surface area contributed by atoms with Gasteiger partial charge in [0.05, 0.1) is 0 Å². The number of hydrogen-bond donors (Lipinski definition) is 1. The lowest BCUT2D eigenvalue weighted by Gasteiger charge is -2.35. The molecule has 2 heterocycles. The second-order valence-corrected chi connectivity index (χ2v) is 7.52. The molecule has 0 saturated carbocycles. The van der Waals surface area contributed by atoms with Crippen molar-refractivity contribution in [3.8, 4) is 0 Å². The van der Waals surface area contributed by atoms with Crippen LogP contribution in [0.4, 0.5) is 11.8 Å². The van der Waals surface area contributed by atoms with Gasteiger partial charge in [0, 0.05) is 51.0 Å². The first-order valence-electron chi connectivity index (χ1n) is 9.85. The van der Waals surface area contributed by atoms with Crippen molar-refractivity contribution in [2.24, 2.45) is 0 Å². The van der Waals surface area contributed by atoms with Crippen LogP contribution in [0.3, 0.4) is 0 Å². The van der Waals surface area contributed by atoms with Gasteiger partial charge in [-0.2, -0.15) is 4.98 Å². The molecular weight excluding hydrogens is 336 g/mol. The highest BCUT2D eigenvalue weighted by Gasteiger charge is 2.19. The summed E-state index contributed by atoms with van der Waals surface area (Å²) in [4.78, 5) is 16.4. The molecule has 0 radical (unpaired) electrons. The molecule has 146 valence electrons. The van der Waals surface area contributed by atoms with Crippen LogP contribution in [0.1, 0.15) is 17.7 Å². The third kappa shape index (κ3) is 6.19. The molecule has 1 aliphatic heterocycles. The van der Waals surface area contributed by atoms with Crippen molar-refractivity contribution >= 4 is 11.8 Å². The second kappa shape index (κ2) is 9.67. The van der Waals surface area contributed by atoms with Crippen molar-refractivity contribution in [2.75, 3.05) is 63.6 Å². The molecule has 1 aromatic heterocycles. The molecule has 6 nitrogen and oxygen atoms in total. The maximum Gasteiger partial charge on any atom is 0.224 e. The van der Waals surface area contributed by atoms with Crippen LogP contribution >= 0.6 is 0 Å². The fourth-order valence-corrected chi connectivity index (χ4v) is 3.37. The second-order valence-electron chi connectivity index (χ2n) is 7.52. The molecular formula is C21H32N6. The van der Waals surface area contributed by atoms with Crippen molar-refractivity contribution < 1.29 is 0 Å². The third-order valence-corrected chi connectivity index (χ3v) is 4.85. The summed E-state index contributed by atoms with van der Waals surface area (Å²) in [5, 5.41) is 3.38. The number of aromatic nitrogens is 2. The lowest BCUT2D eigenvalue weighted by Crippen LogP contribution is -2.46. The largest absolute Gasteiger partial charge is 0.354 e. The molecule has 1 fully saturated rings. The Bertz CT molecular complexity index is 695. The number of hydrogen-bond acceptors (Lipinski definition) is 6. The molecule has 6 heteroatoms. The van der Waals surface area contributed by atoms with Crippen LogP contribution in [0, 0.1) is 6.92 Å². The number of piperazine rings is 1. The Morgan fingerprint density at radius 1 is 1.04 bits per heavy atom. The van der Waals surface area contributed by atoms with Crippen LogP contribution in [0.25, 0.3) is 0 Å². The molecule has 1 saturated heterocycles. The Morgan fingerprint density at radius 2 is 1.78 bits per heavy atom. The maximum atomic E-state index is 4.75. The summed E-state index contributed by atoms with van der Waals surface area (Å²) < 4.78 is 0. The minimum atomic E-state index is 0.746. The number of anilines is 2. The minimum Gasteiger partial charge on any atom is -0.354 e. The zero-order valence-electron chi connectivity index (χ0n) is 16.9. The first-order valence-corrected chi connectivity index (χ1v) is 9.85. The van der Waals surface area contributed by atoms with E-state index in [1.807, 2.05) is 6.92 Å². The Labute approximate surface area is 163 Å². The van der Waals surface area contributed by atoms with Gasteiger partial charge in [0.2, 0.25) is 5.95 Å². The summed E-state index contributed by atoms with van der Waals surface area (Å²) in [6.45, 7) is 9.15. The molecule has 0 unspecified atom stereocenters. The number of rotatable bonds is 8. The molecule has 1 aromatic carbocycles. The van der Waals surface area contributed by atoms with Gasteiger partial charge in [-0.1, -0.05) is 30.3 Å². The van der Waals surface area contributed by atoms with E-state index in [0.717, 1.165) is 69.7 Å². The van der Waals surface area contributed by atoms with E-state index in [4.69, 9.17) is 4.98 Å². The number of nitrogens with one attached hydrogen (secondary N) is 1. The van der Waals surface area contributed by atoms with Crippen molar-refractivity contribution in [2.45, 2.75) is 19.9 Å². The van der Waals surface area contributed by atoms with Gasteiger partial charge in [0.15, 0.2) is 0 Å². The van der Waals surface area contributed by atoms with Gasteiger partial charge in [0.25, 0.3) is 0 Å². The van der Waals surface area contributed by atoms with Crippen LogP contribution in [0.2, 0.25) is 0 Å². The molecule has 0 amide bonds. The first kappa shape index (κ1) is 19.6. The standard InChI is InChI=1S/C21H32N6/c1-18-16-20(24-21(23-18)22-10-7-11-25(2)3)27-14-12-26(13-15-27)17-19-8-5-4-6-9-19/h4-6,8-9,16H,7,10-15,17H2,1-3H3,(H,22,23,24). The van der Waals surface area contributed by atoms with Gasteiger partial charge in [-0.3, -0.25) is 4.90 Å². The van der Waals surface area contributed by atoms with E-state index in [1.165, 1.54) is 5.56 Å². The normalized spacial score (nSPS) is 15.3. The van der Waals surface area contributed by atoms with E-state index in [2.05, 4.69) is 75.5 Å². The van der Waals surface area contributed by atoms with Gasteiger partial charge < -0.3 is 15.1 Å². The lowest BCUT2D eigenvalue weighted by molar-refractivity contribution is 0.249. The summed E-state index contributed by atoms with van der Waals surface area (Å²) in [5.41, 5.74) is 2.40. The van der Waals surface area contributed by atoms with E-state index in [1.54, 1.807) is 0 Å². The molecule has 0 aliphatic carbocycles. The smallest absolute Gasteiger partial charge is 0.224 e. The molecule has 0 atom stereocenters. The third-order valence-electron chi connectivity index (χ3n) is 4.85. The number of aryl methyl sites for hydroxylation is 1. The predicted molar refractivity (Wildman–Crippen MR) is 112 cm³/mol.